The standard InChI is InChI=1S/C22H33F5O3/c1-2-3-4-5-6-7-9-12-15(30-22(28)29)13-10-8-11-14-16-17(23)19(25)21(27)20(26)18(16)24/h15,22,28-29H,2-14H2,1H3. The van der Waals surface area contributed by atoms with Crippen molar-refractivity contribution in [3.63, 3.8) is 0 Å². The summed E-state index contributed by atoms with van der Waals surface area (Å²) in [5, 5.41) is 18.1. The fraction of sp³-hybridized carbons (Fsp3) is 0.727. The van der Waals surface area contributed by atoms with Gasteiger partial charge in [0.2, 0.25) is 5.82 Å². The summed E-state index contributed by atoms with van der Waals surface area (Å²) < 4.78 is 71.9. The molecule has 1 aromatic rings. The lowest BCUT2D eigenvalue weighted by Crippen LogP contribution is -2.21. The van der Waals surface area contributed by atoms with Crippen molar-refractivity contribution in [2.24, 2.45) is 0 Å². The fourth-order valence-corrected chi connectivity index (χ4v) is 3.50. The van der Waals surface area contributed by atoms with Gasteiger partial charge in [-0.1, -0.05) is 64.7 Å². The molecule has 0 amide bonds. The minimum atomic E-state index is -2.15. The van der Waals surface area contributed by atoms with E-state index < -0.39 is 41.1 Å². The van der Waals surface area contributed by atoms with Crippen molar-refractivity contribution in [1.29, 1.82) is 0 Å². The molecular weight excluding hydrogens is 407 g/mol. The Hall–Kier alpha value is -1.25. The van der Waals surface area contributed by atoms with E-state index in [1.165, 1.54) is 25.7 Å². The minimum Gasteiger partial charge on any atom is -0.346 e. The monoisotopic (exact) mass is 440 g/mol. The number of ether oxygens (including phenoxy) is 1. The highest BCUT2D eigenvalue weighted by atomic mass is 19.2. The molecule has 0 heterocycles. The van der Waals surface area contributed by atoms with Crippen LogP contribution in [0.15, 0.2) is 0 Å². The van der Waals surface area contributed by atoms with Crippen molar-refractivity contribution in [3.8, 4) is 0 Å². The van der Waals surface area contributed by atoms with Gasteiger partial charge in [-0.2, -0.15) is 0 Å². The molecule has 0 aliphatic rings. The minimum absolute atomic E-state index is 0.240. The Bertz CT molecular complexity index is 596. The maximum Gasteiger partial charge on any atom is 0.266 e. The zero-order valence-electron chi connectivity index (χ0n) is 17.5. The van der Waals surface area contributed by atoms with Crippen LogP contribution in [0.1, 0.15) is 89.5 Å². The molecule has 0 aromatic heterocycles. The Morgan fingerprint density at radius 1 is 0.633 bits per heavy atom. The predicted molar refractivity (Wildman–Crippen MR) is 104 cm³/mol. The molecule has 3 nitrogen and oxygen atoms in total. The average molecular weight is 440 g/mol. The van der Waals surface area contributed by atoms with Gasteiger partial charge in [-0.25, -0.2) is 22.0 Å². The number of unbranched alkanes of at least 4 members (excludes halogenated alkanes) is 8. The van der Waals surface area contributed by atoms with Gasteiger partial charge in [0.05, 0.1) is 6.10 Å². The molecule has 1 unspecified atom stereocenters. The van der Waals surface area contributed by atoms with Crippen molar-refractivity contribution in [2.45, 2.75) is 103 Å². The van der Waals surface area contributed by atoms with E-state index in [4.69, 9.17) is 14.9 Å². The summed E-state index contributed by atoms with van der Waals surface area (Å²) in [6.45, 7) is 0.290. The van der Waals surface area contributed by atoms with Gasteiger partial charge in [-0.15, -0.1) is 0 Å². The van der Waals surface area contributed by atoms with Crippen molar-refractivity contribution in [3.05, 3.63) is 34.6 Å². The molecule has 0 fully saturated rings. The Morgan fingerprint density at radius 3 is 1.57 bits per heavy atom. The summed E-state index contributed by atoms with van der Waals surface area (Å²) in [4.78, 5) is 0. The topological polar surface area (TPSA) is 49.7 Å². The lowest BCUT2D eigenvalue weighted by Gasteiger charge is -2.19. The lowest BCUT2D eigenvalue weighted by molar-refractivity contribution is -0.257. The van der Waals surface area contributed by atoms with Gasteiger partial charge in [0, 0.05) is 5.56 Å². The van der Waals surface area contributed by atoms with Gasteiger partial charge >= 0.3 is 0 Å². The van der Waals surface area contributed by atoms with Crippen molar-refractivity contribution < 1.29 is 36.9 Å². The summed E-state index contributed by atoms with van der Waals surface area (Å²) in [5.74, 6) is -9.57. The first-order valence-electron chi connectivity index (χ1n) is 10.8. The first-order chi connectivity index (χ1) is 14.3. The largest absolute Gasteiger partial charge is 0.346 e. The van der Waals surface area contributed by atoms with Crippen molar-refractivity contribution >= 4 is 0 Å². The zero-order valence-corrected chi connectivity index (χ0v) is 17.5. The van der Waals surface area contributed by atoms with Gasteiger partial charge in [-0.3, -0.25) is 0 Å². The molecular formula is C22H33F5O3. The normalized spacial score (nSPS) is 12.7. The third kappa shape index (κ3) is 9.27. The van der Waals surface area contributed by atoms with Crippen LogP contribution in [0.5, 0.6) is 0 Å². The highest BCUT2D eigenvalue weighted by molar-refractivity contribution is 5.24. The quantitative estimate of drug-likeness (QED) is 0.105. The molecule has 174 valence electrons. The molecule has 8 heteroatoms. The predicted octanol–water partition coefficient (Wildman–Crippen LogP) is 6.28. The van der Waals surface area contributed by atoms with Crippen LogP contribution in [0.4, 0.5) is 22.0 Å². The summed E-state index contributed by atoms with van der Waals surface area (Å²) >= 11 is 0. The Labute approximate surface area is 175 Å². The summed E-state index contributed by atoms with van der Waals surface area (Å²) in [7, 11) is 0. The summed E-state index contributed by atoms with van der Waals surface area (Å²) in [6.07, 6.45) is 9.73. The highest BCUT2D eigenvalue weighted by Crippen LogP contribution is 2.25. The molecule has 0 saturated carbocycles. The van der Waals surface area contributed by atoms with Gasteiger partial charge < -0.3 is 14.9 Å². The van der Waals surface area contributed by atoms with Crippen LogP contribution < -0.4 is 0 Å². The van der Waals surface area contributed by atoms with Crippen molar-refractivity contribution in [1.82, 2.24) is 0 Å². The second kappa shape index (κ2) is 14.7. The molecule has 0 spiro atoms. The first kappa shape index (κ1) is 26.8. The van der Waals surface area contributed by atoms with Crippen LogP contribution in [-0.2, 0) is 11.2 Å². The zero-order chi connectivity index (χ0) is 22.5. The SMILES string of the molecule is CCCCCCCCCC(CCCCCc1c(F)c(F)c(F)c(F)c1F)OC(O)O. The molecule has 2 N–H and O–H groups in total. The molecule has 0 aliphatic carbocycles. The Kier molecular flexibility index (Phi) is 13.1. The second-order valence-corrected chi connectivity index (χ2v) is 7.64. The number of benzene rings is 1. The number of aliphatic hydroxyl groups is 2. The van der Waals surface area contributed by atoms with E-state index in [-0.39, 0.29) is 18.9 Å². The maximum atomic E-state index is 13.7. The summed E-state index contributed by atoms with van der Waals surface area (Å²) in [6, 6.07) is 0. The van der Waals surface area contributed by atoms with Crippen molar-refractivity contribution in [2.75, 3.05) is 0 Å². The van der Waals surface area contributed by atoms with Crippen LogP contribution >= 0.6 is 0 Å². The molecule has 1 atom stereocenters. The van der Waals surface area contributed by atoms with Crippen LogP contribution in [0, 0.1) is 29.1 Å². The van der Waals surface area contributed by atoms with Gasteiger partial charge in [0.25, 0.3) is 6.48 Å². The smallest absolute Gasteiger partial charge is 0.266 e. The number of halogens is 5. The molecule has 0 bridgehead atoms. The third-order valence-electron chi connectivity index (χ3n) is 5.20. The van der Waals surface area contributed by atoms with Crippen LogP contribution in [0.3, 0.4) is 0 Å². The summed E-state index contributed by atoms with van der Waals surface area (Å²) in [5.41, 5.74) is -0.798. The van der Waals surface area contributed by atoms with Crippen LogP contribution in [0.25, 0.3) is 0 Å². The van der Waals surface area contributed by atoms with Gasteiger partial charge in [-0.05, 0) is 25.7 Å². The van der Waals surface area contributed by atoms with E-state index in [0.29, 0.717) is 25.7 Å². The van der Waals surface area contributed by atoms with E-state index in [1.54, 1.807) is 0 Å². The molecule has 0 aliphatic heterocycles. The van der Waals surface area contributed by atoms with Crippen LogP contribution in [0.2, 0.25) is 0 Å². The molecule has 0 saturated heterocycles. The fourth-order valence-electron chi connectivity index (χ4n) is 3.50. The lowest BCUT2D eigenvalue weighted by atomic mass is 10.0. The van der Waals surface area contributed by atoms with E-state index in [9.17, 15) is 22.0 Å². The second-order valence-electron chi connectivity index (χ2n) is 7.64. The third-order valence-corrected chi connectivity index (χ3v) is 5.20. The number of hydrogen-bond donors (Lipinski definition) is 2. The molecule has 1 rings (SSSR count). The number of hydrogen-bond acceptors (Lipinski definition) is 3. The van der Waals surface area contributed by atoms with Gasteiger partial charge in [0.15, 0.2) is 23.3 Å². The Morgan fingerprint density at radius 2 is 1.07 bits per heavy atom. The average Bonchev–Trinajstić information content (AvgIpc) is 2.71. The van der Waals surface area contributed by atoms with Crippen LogP contribution in [-0.4, -0.2) is 22.8 Å². The van der Waals surface area contributed by atoms with Gasteiger partial charge in [0.1, 0.15) is 0 Å². The molecule has 1 aromatic carbocycles. The highest BCUT2D eigenvalue weighted by Gasteiger charge is 2.25. The Balaban J connectivity index is 2.36. The maximum absolute atomic E-state index is 13.7. The van der Waals surface area contributed by atoms with E-state index >= 15 is 0 Å². The first-order valence-corrected chi connectivity index (χ1v) is 10.8. The van der Waals surface area contributed by atoms with E-state index in [1.807, 2.05) is 0 Å². The van der Waals surface area contributed by atoms with E-state index in [2.05, 4.69) is 6.92 Å². The molecule has 30 heavy (non-hydrogen) atoms. The number of rotatable bonds is 16. The number of aliphatic hydroxyl groups excluding tert-OH is 1. The van der Waals surface area contributed by atoms with E-state index in [0.717, 1.165) is 19.3 Å². The molecule has 0 radical (unpaired) electrons.